The van der Waals surface area contributed by atoms with Gasteiger partial charge in [-0.25, -0.2) is 0 Å². The summed E-state index contributed by atoms with van der Waals surface area (Å²) in [5.41, 5.74) is 2.19. The number of para-hydroxylation sites is 1. The lowest BCUT2D eigenvalue weighted by atomic mass is 10.1. The number of fused-ring (bicyclic) bond motifs is 2. The molecule has 4 heteroatoms. The van der Waals surface area contributed by atoms with Gasteiger partial charge in [-0.15, -0.1) is 0 Å². The number of amides is 1. The third-order valence-corrected chi connectivity index (χ3v) is 4.82. The number of carbonyl (C=O) groups is 1. The molecule has 0 radical (unpaired) electrons. The van der Waals surface area contributed by atoms with Crippen LogP contribution in [-0.2, 0) is 16.0 Å². The van der Waals surface area contributed by atoms with Crippen molar-refractivity contribution in [3.05, 3.63) is 36.0 Å². The number of aromatic amines is 1. The number of carbonyl (C=O) groups excluding carboxylic acids is 1. The van der Waals surface area contributed by atoms with Crippen molar-refractivity contribution < 1.29 is 9.53 Å². The summed E-state index contributed by atoms with van der Waals surface area (Å²) in [6.45, 7) is 1.42. The van der Waals surface area contributed by atoms with Gasteiger partial charge < -0.3 is 14.6 Å². The second-order valence-electron chi connectivity index (χ2n) is 6.03. The van der Waals surface area contributed by atoms with E-state index in [2.05, 4.69) is 16.0 Å². The summed E-state index contributed by atoms with van der Waals surface area (Å²) in [5.74, 6) is 0.236. The van der Waals surface area contributed by atoms with Crippen LogP contribution >= 0.6 is 0 Å². The number of ether oxygens (including phenoxy) is 1. The molecule has 1 aliphatic heterocycles. The monoisotopic (exact) mass is 284 g/mol. The quantitative estimate of drug-likeness (QED) is 0.921. The molecular formula is C17H20N2O2. The van der Waals surface area contributed by atoms with Crippen LogP contribution in [0.4, 0.5) is 0 Å². The zero-order valence-corrected chi connectivity index (χ0v) is 12.0. The smallest absolute Gasteiger partial charge is 0.227 e. The minimum Gasteiger partial charge on any atom is -0.374 e. The van der Waals surface area contributed by atoms with Crippen molar-refractivity contribution in [3.8, 4) is 0 Å². The molecule has 21 heavy (non-hydrogen) atoms. The van der Waals surface area contributed by atoms with E-state index >= 15 is 0 Å². The summed E-state index contributed by atoms with van der Waals surface area (Å²) in [6, 6.07) is 8.45. The number of aromatic nitrogens is 1. The van der Waals surface area contributed by atoms with Crippen molar-refractivity contribution in [1.82, 2.24) is 9.88 Å². The topological polar surface area (TPSA) is 45.3 Å². The molecule has 0 spiro atoms. The first-order valence-corrected chi connectivity index (χ1v) is 7.79. The van der Waals surface area contributed by atoms with Crippen molar-refractivity contribution >= 4 is 16.8 Å². The SMILES string of the molecule is O=C(Cc1c[nH]c2ccccc12)N1CCOC2CCCC21. The van der Waals surface area contributed by atoms with Gasteiger partial charge in [0.25, 0.3) is 0 Å². The van der Waals surface area contributed by atoms with Crippen LogP contribution in [0.25, 0.3) is 10.9 Å². The highest BCUT2D eigenvalue weighted by Gasteiger charge is 2.38. The van der Waals surface area contributed by atoms with Gasteiger partial charge in [-0.2, -0.15) is 0 Å². The molecule has 2 unspecified atom stereocenters. The molecule has 2 atom stereocenters. The Kier molecular flexibility index (Phi) is 3.19. The summed E-state index contributed by atoms with van der Waals surface area (Å²) >= 11 is 0. The van der Waals surface area contributed by atoms with E-state index in [9.17, 15) is 4.79 Å². The largest absolute Gasteiger partial charge is 0.374 e. The van der Waals surface area contributed by atoms with Crippen molar-refractivity contribution in [3.63, 3.8) is 0 Å². The maximum Gasteiger partial charge on any atom is 0.227 e. The summed E-state index contributed by atoms with van der Waals surface area (Å²) < 4.78 is 5.79. The number of morpholine rings is 1. The number of H-pyrrole nitrogens is 1. The van der Waals surface area contributed by atoms with Crippen LogP contribution in [0.15, 0.2) is 30.5 Å². The lowest BCUT2D eigenvalue weighted by Crippen LogP contribution is -2.51. The minimum atomic E-state index is 0.236. The summed E-state index contributed by atoms with van der Waals surface area (Å²) in [6.07, 6.45) is 6.08. The molecule has 2 aromatic rings. The average Bonchev–Trinajstić information content (AvgIpc) is 3.14. The van der Waals surface area contributed by atoms with Crippen LogP contribution in [0.3, 0.4) is 0 Å². The van der Waals surface area contributed by atoms with Crippen molar-refractivity contribution in [2.24, 2.45) is 0 Å². The van der Waals surface area contributed by atoms with Gasteiger partial charge in [-0.3, -0.25) is 4.79 Å². The molecule has 2 aliphatic rings. The first kappa shape index (κ1) is 12.9. The van der Waals surface area contributed by atoms with Crippen molar-refractivity contribution in [2.45, 2.75) is 37.8 Å². The molecule has 4 nitrogen and oxygen atoms in total. The highest BCUT2D eigenvalue weighted by molar-refractivity contribution is 5.89. The average molecular weight is 284 g/mol. The zero-order valence-electron chi connectivity index (χ0n) is 12.0. The number of benzene rings is 1. The minimum absolute atomic E-state index is 0.236. The predicted molar refractivity (Wildman–Crippen MR) is 81.1 cm³/mol. The molecule has 0 bridgehead atoms. The standard InChI is InChI=1S/C17H20N2O2/c20-17(19-8-9-21-16-7-3-6-15(16)19)10-12-11-18-14-5-2-1-4-13(12)14/h1-2,4-5,11,15-16,18H,3,6-10H2. The Hall–Kier alpha value is -1.81. The lowest BCUT2D eigenvalue weighted by Gasteiger charge is -2.37. The zero-order chi connectivity index (χ0) is 14.2. The van der Waals surface area contributed by atoms with Crippen LogP contribution in [0.1, 0.15) is 24.8 Å². The summed E-state index contributed by atoms with van der Waals surface area (Å²) in [4.78, 5) is 18.0. The Morgan fingerprint density at radius 3 is 3.19 bits per heavy atom. The van der Waals surface area contributed by atoms with E-state index in [-0.39, 0.29) is 12.0 Å². The predicted octanol–water partition coefficient (Wildman–Crippen LogP) is 2.49. The van der Waals surface area contributed by atoms with Gasteiger partial charge in [0.1, 0.15) is 0 Å². The number of rotatable bonds is 2. The number of nitrogens with one attached hydrogen (secondary N) is 1. The van der Waals surface area contributed by atoms with Crippen LogP contribution in [0.2, 0.25) is 0 Å². The fourth-order valence-electron chi connectivity index (χ4n) is 3.78. The van der Waals surface area contributed by atoms with E-state index in [1.165, 1.54) is 6.42 Å². The van der Waals surface area contributed by atoms with E-state index < -0.39 is 0 Å². The first-order valence-electron chi connectivity index (χ1n) is 7.79. The Labute approximate surface area is 124 Å². The van der Waals surface area contributed by atoms with E-state index in [0.717, 1.165) is 35.9 Å². The Bertz CT molecular complexity index is 664. The van der Waals surface area contributed by atoms with Crippen molar-refractivity contribution in [2.75, 3.05) is 13.2 Å². The molecule has 1 amide bonds. The first-order chi connectivity index (χ1) is 10.3. The third-order valence-electron chi connectivity index (χ3n) is 4.82. The normalized spacial score (nSPS) is 25.2. The third kappa shape index (κ3) is 2.23. The number of nitrogens with zero attached hydrogens (tertiary/aromatic N) is 1. The maximum absolute atomic E-state index is 12.7. The van der Waals surface area contributed by atoms with E-state index in [4.69, 9.17) is 4.74 Å². The fraction of sp³-hybridized carbons (Fsp3) is 0.471. The van der Waals surface area contributed by atoms with Crippen LogP contribution < -0.4 is 0 Å². The molecule has 4 rings (SSSR count). The fourth-order valence-corrected chi connectivity index (χ4v) is 3.78. The number of hydrogen-bond donors (Lipinski definition) is 1. The van der Waals surface area contributed by atoms with Gasteiger partial charge in [-0.1, -0.05) is 18.2 Å². The molecule has 2 fully saturated rings. The second-order valence-corrected chi connectivity index (χ2v) is 6.03. The van der Waals surface area contributed by atoms with Crippen LogP contribution in [-0.4, -0.2) is 41.1 Å². The van der Waals surface area contributed by atoms with Gasteiger partial charge in [0, 0.05) is 23.6 Å². The molecule has 2 heterocycles. The van der Waals surface area contributed by atoms with Gasteiger partial charge >= 0.3 is 0 Å². The molecular weight excluding hydrogens is 264 g/mol. The molecule has 1 aliphatic carbocycles. The van der Waals surface area contributed by atoms with Gasteiger partial charge in [0.2, 0.25) is 5.91 Å². The lowest BCUT2D eigenvalue weighted by molar-refractivity contribution is -0.143. The molecule has 1 aromatic carbocycles. The molecule has 110 valence electrons. The van der Waals surface area contributed by atoms with E-state index in [1.54, 1.807) is 0 Å². The maximum atomic E-state index is 12.7. The van der Waals surface area contributed by atoms with Crippen LogP contribution in [0, 0.1) is 0 Å². The van der Waals surface area contributed by atoms with Crippen molar-refractivity contribution in [1.29, 1.82) is 0 Å². The molecule has 1 aromatic heterocycles. The Morgan fingerprint density at radius 2 is 2.24 bits per heavy atom. The summed E-state index contributed by atoms with van der Waals surface area (Å²) in [5, 5.41) is 1.15. The Morgan fingerprint density at radius 1 is 1.33 bits per heavy atom. The van der Waals surface area contributed by atoms with E-state index in [1.807, 2.05) is 24.4 Å². The van der Waals surface area contributed by atoms with Gasteiger partial charge in [0.05, 0.1) is 25.2 Å². The highest BCUT2D eigenvalue weighted by Crippen LogP contribution is 2.30. The molecule has 1 N–H and O–H groups in total. The van der Waals surface area contributed by atoms with E-state index in [0.29, 0.717) is 19.1 Å². The molecule has 1 saturated carbocycles. The summed E-state index contributed by atoms with van der Waals surface area (Å²) in [7, 11) is 0. The number of hydrogen-bond acceptors (Lipinski definition) is 2. The van der Waals surface area contributed by atoms with Crippen LogP contribution in [0.5, 0.6) is 0 Å². The van der Waals surface area contributed by atoms with Gasteiger partial charge in [0.15, 0.2) is 0 Å². The second kappa shape index (κ2) is 5.19. The Balaban J connectivity index is 1.55. The highest BCUT2D eigenvalue weighted by atomic mass is 16.5. The van der Waals surface area contributed by atoms with Gasteiger partial charge in [-0.05, 0) is 30.9 Å². The molecule has 1 saturated heterocycles.